The molecule has 1 aromatic carbocycles. The number of carboxylic acids is 1. The molecule has 0 fully saturated rings. The number of carbonyl (C=O) groups is 1. The van der Waals surface area contributed by atoms with Crippen molar-refractivity contribution < 1.29 is 9.90 Å². The Hall–Kier alpha value is -0.620. The quantitative estimate of drug-likeness (QED) is 0.817. The Bertz CT molecular complexity index is 516. The zero-order chi connectivity index (χ0) is 10.3. The smallest absolute Gasteiger partial charge is 0.338 e. The van der Waals surface area contributed by atoms with Gasteiger partial charge in [0, 0.05) is 10.1 Å². The van der Waals surface area contributed by atoms with Gasteiger partial charge in [0.2, 0.25) is 0 Å². The molecule has 0 aliphatic rings. The van der Waals surface area contributed by atoms with Gasteiger partial charge < -0.3 is 5.11 Å². The maximum Gasteiger partial charge on any atom is 0.338 e. The number of rotatable bonds is 1. The summed E-state index contributed by atoms with van der Waals surface area (Å²) in [5.41, 5.74) is 1.58. The molecule has 0 bridgehead atoms. The number of carboxylic acid groups (broad SMARTS) is 1. The minimum atomic E-state index is -0.841. The molecule has 0 saturated carbocycles. The molecule has 0 radical (unpaired) electrons. The van der Waals surface area contributed by atoms with Crippen LogP contribution in [0.4, 0.5) is 0 Å². The van der Waals surface area contributed by atoms with Crippen LogP contribution in [0.3, 0.4) is 0 Å². The van der Waals surface area contributed by atoms with E-state index in [0.717, 1.165) is 18.5 Å². The van der Waals surface area contributed by atoms with Crippen LogP contribution in [0.2, 0.25) is 0 Å². The van der Waals surface area contributed by atoms with Gasteiger partial charge in [-0.3, -0.25) is 0 Å². The van der Waals surface area contributed by atoms with E-state index in [1.165, 1.54) is 11.3 Å². The SMILES string of the molecule is Cc1cccc2c(C(=O)O)c(I)sc12. The minimum Gasteiger partial charge on any atom is -0.478 e. The summed E-state index contributed by atoms with van der Waals surface area (Å²) in [5.74, 6) is -0.841. The summed E-state index contributed by atoms with van der Waals surface area (Å²) in [6.07, 6.45) is 0. The first-order chi connectivity index (χ1) is 6.61. The molecule has 0 aliphatic heterocycles. The zero-order valence-corrected chi connectivity index (χ0v) is 10.3. The molecule has 2 nitrogen and oxygen atoms in total. The molecule has 0 spiro atoms. The normalized spacial score (nSPS) is 10.7. The Labute approximate surface area is 98.7 Å². The molecular formula is C10H7IO2S. The van der Waals surface area contributed by atoms with Gasteiger partial charge >= 0.3 is 5.97 Å². The second kappa shape index (κ2) is 3.51. The van der Waals surface area contributed by atoms with E-state index in [0.29, 0.717) is 5.56 Å². The van der Waals surface area contributed by atoms with Crippen molar-refractivity contribution in [3.05, 3.63) is 32.2 Å². The summed E-state index contributed by atoms with van der Waals surface area (Å²) in [6, 6.07) is 5.76. The number of fused-ring (bicyclic) bond motifs is 1. The third-order valence-electron chi connectivity index (χ3n) is 2.08. The van der Waals surface area contributed by atoms with Gasteiger partial charge in [0.25, 0.3) is 0 Å². The molecule has 1 aromatic heterocycles. The van der Waals surface area contributed by atoms with Crippen LogP contribution in [-0.4, -0.2) is 11.1 Å². The Morgan fingerprint density at radius 3 is 2.86 bits per heavy atom. The highest BCUT2D eigenvalue weighted by atomic mass is 127. The monoisotopic (exact) mass is 318 g/mol. The van der Waals surface area contributed by atoms with E-state index in [1.807, 2.05) is 25.1 Å². The summed E-state index contributed by atoms with van der Waals surface area (Å²) < 4.78 is 1.92. The second-order valence-electron chi connectivity index (χ2n) is 3.01. The number of halogens is 1. The summed E-state index contributed by atoms with van der Waals surface area (Å²) >= 11 is 3.62. The number of benzene rings is 1. The highest BCUT2D eigenvalue weighted by molar-refractivity contribution is 14.1. The molecule has 0 atom stereocenters. The minimum absolute atomic E-state index is 0.439. The van der Waals surface area contributed by atoms with Gasteiger partial charge in [-0.25, -0.2) is 4.79 Å². The fourth-order valence-electron chi connectivity index (χ4n) is 1.43. The number of thiophene rings is 1. The molecule has 2 rings (SSSR count). The van der Waals surface area contributed by atoms with Crippen molar-refractivity contribution in [3.63, 3.8) is 0 Å². The lowest BCUT2D eigenvalue weighted by atomic mass is 10.1. The number of aromatic carboxylic acids is 1. The molecular weight excluding hydrogens is 311 g/mol. The van der Waals surface area contributed by atoms with Crippen LogP contribution in [-0.2, 0) is 0 Å². The average molecular weight is 318 g/mol. The Morgan fingerprint density at radius 1 is 1.50 bits per heavy atom. The van der Waals surface area contributed by atoms with Crippen LogP contribution < -0.4 is 0 Å². The van der Waals surface area contributed by atoms with Crippen LogP contribution >= 0.6 is 33.9 Å². The predicted molar refractivity (Wildman–Crippen MR) is 66.2 cm³/mol. The average Bonchev–Trinajstić information content (AvgIpc) is 2.42. The van der Waals surface area contributed by atoms with Crippen LogP contribution in [0.25, 0.3) is 10.1 Å². The van der Waals surface area contributed by atoms with Crippen molar-refractivity contribution in [1.82, 2.24) is 0 Å². The third kappa shape index (κ3) is 1.42. The van der Waals surface area contributed by atoms with Crippen molar-refractivity contribution in [2.24, 2.45) is 0 Å². The Morgan fingerprint density at radius 2 is 2.21 bits per heavy atom. The summed E-state index contributed by atoms with van der Waals surface area (Å²) in [6.45, 7) is 2.00. The van der Waals surface area contributed by atoms with Gasteiger partial charge in [0.05, 0.1) is 8.45 Å². The van der Waals surface area contributed by atoms with E-state index in [9.17, 15) is 4.79 Å². The maximum atomic E-state index is 11.0. The van der Waals surface area contributed by atoms with Crippen LogP contribution in [0.15, 0.2) is 18.2 Å². The van der Waals surface area contributed by atoms with Crippen LogP contribution in [0.1, 0.15) is 15.9 Å². The number of hydrogen-bond acceptors (Lipinski definition) is 2. The summed E-state index contributed by atoms with van der Waals surface area (Å²) in [7, 11) is 0. The van der Waals surface area contributed by atoms with Crippen molar-refractivity contribution in [1.29, 1.82) is 0 Å². The molecule has 1 heterocycles. The first-order valence-corrected chi connectivity index (χ1v) is 5.91. The third-order valence-corrected chi connectivity index (χ3v) is 4.41. The first kappa shape index (κ1) is 9.92. The standard InChI is InChI=1S/C10H7IO2S/c1-5-3-2-4-6-7(10(12)13)9(11)14-8(5)6/h2-4H,1H3,(H,12,13). The Balaban J connectivity index is 2.90. The van der Waals surface area contributed by atoms with Gasteiger partial charge in [-0.1, -0.05) is 18.2 Å². The second-order valence-corrected chi connectivity index (χ2v) is 5.84. The molecule has 14 heavy (non-hydrogen) atoms. The van der Waals surface area contributed by atoms with E-state index in [2.05, 4.69) is 22.6 Å². The largest absolute Gasteiger partial charge is 0.478 e. The van der Waals surface area contributed by atoms with Crippen molar-refractivity contribution in [2.45, 2.75) is 6.92 Å². The van der Waals surface area contributed by atoms with Crippen molar-refractivity contribution >= 4 is 50.0 Å². The molecule has 0 unspecified atom stereocenters. The van der Waals surface area contributed by atoms with Gasteiger partial charge in [0.15, 0.2) is 0 Å². The summed E-state index contributed by atoms with van der Waals surface area (Å²) in [4.78, 5) is 11.0. The lowest BCUT2D eigenvalue weighted by Crippen LogP contribution is -1.96. The molecule has 1 N–H and O–H groups in total. The molecule has 0 aliphatic carbocycles. The highest BCUT2D eigenvalue weighted by Gasteiger charge is 2.16. The van der Waals surface area contributed by atoms with Gasteiger partial charge in [0.1, 0.15) is 0 Å². The van der Waals surface area contributed by atoms with Gasteiger partial charge in [-0.05, 0) is 35.1 Å². The predicted octanol–water partition coefficient (Wildman–Crippen LogP) is 3.51. The van der Waals surface area contributed by atoms with E-state index in [4.69, 9.17) is 5.11 Å². The van der Waals surface area contributed by atoms with Gasteiger partial charge in [-0.2, -0.15) is 0 Å². The van der Waals surface area contributed by atoms with Crippen molar-refractivity contribution in [3.8, 4) is 0 Å². The summed E-state index contributed by atoms with van der Waals surface area (Å²) in [5, 5.41) is 9.90. The molecule has 0 amide bonds. The fraction of sp³-hybridized carbons (Fsp3) is 0.100. The Kier molecular flexibility index (Phi) is 2.48. The molecule has 0 saturated heterocycles. The molecule has 4 heteroatoms. The van der Waals surface area contributed by atoms with E-state index in [1.54, 1.807) is 0 Å². The van der Waals surface area contributed by atoms with Gasteiger partial charge in [-0.15, -0.1) is 11.3 Å². The fourth-order valence-corrected chi connectivity index (χ4v) is 3.60. The zero-order valence-electron chi connectivity index (χ0n) is 7.37. The van der Waals surface area contributed by atoms with E-state index < -0.39 is 5.97 Å². The maximum absolute atomic E-state index is 11.0. The number of aryl methyl sites for hydroxylation is 1. The highest BCUT2D eigenvalue weighted by Crippen LogP contribution is 2.34. The van der Waals surface area contributed by atoms with Crippen molar-refractivity contribution in [2.75, 3.05) is 0 Å². The molecule has 72 valence electrons. The van der Waals surface area contributed by atoms with E-state index in [-0.39, 0.29) is 0 Å². The lowest BCUT2D eigenvalue weighted by molar-refractivity contribution is 0.0698. The van der Waals surface area contributed by atoms with Crippen LogP contribution in [0, 0.1) is 9.81 Å². The number of hydrogen-bond donors (Lipinski definition) is 1. The molecule has 2 aromatic rings. The lowest BCUT2D eigenvalue weighted by Gasteiger charge is -1.95. The van der Waals surface area contributed by atoms with Crippen LogP contribution in [0.5, 0.6) is 0 Å². The van der Waals surface area contributed by atoms with E-state index >= 15 is 0 Å². The first-order valence-electron chi connectivity index (χ1n) is 4.02. The topological polar surface area (TPSA) is 37.3 Å².